The van der Waals surface area contributed by atoms with Gasteiger partial charge in [0.05, 0.1) is 19.8 Å². The van der Waals surface area contributed by atoms with Crippen LogP contribution in [0.4, 0.5) is 0 Å². The van der Waals surface area contributed by atoms with Crippen LogP contribution >= 0.6 is 7.82 Å². The van der Waals surface area contributed by atoms with Gasteiger partial charge in [-0.25, -0.2) is 4.57 Å². The number of nitrogens with two attached hydrogens (primary N) is 1. The minimum Gasteiger partial charge on any atom is -0.480 e. The zero-order valence-electron chi connectivity index (χ0n) is 35.0. The number of aliphatic carboxylic acids is 1. The minimum atomic E-state index is -4.63. The summed E-state index contributed by atoms with van der Waals surface area (Å²) in [6, 6.07) is -1.48. The highest BCUT2D eigenvalue weighted by molar-refractivity contribution is 7.47. The third-order valence-corrected chi connectivity index (χ3v) is 9.67. The number of unbranched alkanes of at least 4 members (excludes halogenated alkanes) is 14. The fourth-order valence-corrected chi connectivity index (χ4v) is 6.17. The molecule has 0 radical (unpaired) electrons. The predicted octanol–water partition coefficient (Wildman–Crippen LogP) is 11.8. The lowest BCUT2D eigenvalue weighted by Gasteiger charge is -2.20. The lowest BCUT2D eigenvalue weighted by atomic mass is 10.1. The van der Waals surface area contributed by atoms with Gasteiger partial charge >= 0.3 is 19.8 Å². The minimum absolute atomic E-state index is 0.0193. The van der Waals surface area contributed by atoms with Gasteiger partial charge in [-0.05, 0) is 83.5 Å². The van der Waals surface area contributed by atoms with E-state index >= 15 is 0 Å². The van der Waals surface area contributed by atoms with Crippen molar-refractivity contribution in [3.05, 3.63) is 72.9 Å². The highest BCUT2D eigenvalue weighted by Crippen LogP contribution is 2.43. The standard InChI is InChI=1S/C45H78NO9P/c1-3-5-7-9-11-13-15-17-19-21-22-24-26-28-30-32-34-36-38-52-39-42(40-53-56(50,51)54-41-43(46)45(48)49)55-44(47)37-35-33-31-29-27-25-23-20-18-16-14-12-10-8-6-4-2/h5,7,11,13,17,19-20,22-24,28,30,42-43H,3-4,6,8-10,12,14-16,18,21,25-27,29,31-41,46H2,1-2H3,(H,48,49)(H,50,51)/b7-5-,13-11-,19-17-,23-20-,24-22-,30-28-. The summed E-state index contributed by atoms with van der Waals surface area (Å²) in [5.74, 6) is -1.81. The fourth-order valence-electron chi connectivity index (χ4n) is 5.39. The largest absolute Gasteiger partial charge is 0.480 e. The van der Waals surface area contributed by atoms with Gasteiger partial charge in [-0.15, -0.1) is 0 Å². The van der Waals surface area contributed by atoms with E-state index in [0.717, 1.165) is 83.5 Å². The summed E-state index contributed by atoms with van der Waals surface area (Å²) in [5.41, 5.74) is 5.35. The molecule has 0 rings (SSSR count). The van der Waals surface area contributed by atoms with Crippen LogP contribution in [0.5, 0.6) is 0 Å². The second-order valence-electron chi connectivity index (χ2n) is 14.1. The number of rotatable bonds is 40. The Morgan fingerprint density at radius 1 is 0.589 bits per heavy atom. The van der Waals surface area contributed by atoms with Crippen molar-refractivity contribution < 1.29 is 42.7 Å². The first-order valence-electron chi connectivity index (χ1n) is 21.5. The van der Waals surface area contributed by atoms with Gasteiger partial charge in [0.15, 0.2) is 0 Å². The molecule has 10 nitrogen and oxygen atoms in total. The van der Waals surface area contributed by atoms with Gasteiger partial charge in [0.2, 0.25) is 0 Å². The second-order valence-corrected chi connectivity index (χ2v) is 15.5. The average molecular weight is 808 g/mol. The Bertz CT molecular complexity index is 1160. The van der Waals surface area contributed by atoms with E-state index in [1.807, 2.05) is 0 Å². The fraction of sp³-hybridized carbons (Fsp3) is 0.689. The van der Waals surface area contributed by atoms with E-state index in [1.54, 1.807) is 0 Å². The first kappa shape index (κ1) is 53.4. The number of allylic oxidation sites excluding steroid dienone is 12. The van der Waals surface area contributed by atoms with Crippen molar-refractivity contribution in [1.29, 1.82) is 0 Å². The Hall–Kier alpha value is -2.59. The van der Waals surface area contributed by atoms with E-state index in [1.165, 1.54) is 51.4 Å². The number of phosphoric acid groups is 1. The van der Waals surface area contributed by atoms with Crippen LogP contribution < -0.4 is 5.73 Å². The number of esters is 1. The molecule has 0 bridgehead atoms. The normalized spacial score (nSPS) is 14.6. The van der Waals surface area contributed by atoms with Gasteiger partial charge in [-0.3, -0.25) is 18.6 Å². The number of carbonyl (C=O) groups is 2. The molecule has 0 aliphatic heterocycles. The van der Waals surface area contributed by atoms with Crippen LogP contribution in [0.25, 0.3) is 0 Å². The Labute approximate surface area is 340 Å². The van der Waals surface area contributed by atoms with Crippen molar-refractivity contribution in [2.45, 2.75) is 174 Å². The molecule has 322 valence electrons. The maximum atomic E-state index is 12.6. The molecule has 0 saturated carbocycles. The Kier molecular flexibility index (Phi) is 38.7. The molecule has 3 atom stereocenters. The maximum Gasteiger partial charge on any atom is 0.472 e. The number of hydrogen-bond donors (Lipinski definition) is 3. The summed E-state index contributed by atoms with van der Waals surface area (Å²) >= 11 is 0. The van der Waals surface area contributed by atoms with Gasteiger partial charge in [0.1, 0.15) is 12.1 Å². The summed E-state index contributed by atoms with van der Waals surface area (Å²) < 4.78 is 33.3. The molecule has 0 aromatic carbocycles. The summed E-state index contributed by atoms with van der Waals surface area (Å²) in [7, 11) is -4.63. The van der Waals surface area contributed by atoms with E-state index in [-0.39, 0.29) is 13.0 Å². The Morgan fingerprint density at radius 2 is 1.04 bits per heavy atom. The number of ether oxygens (including phenoxy) is 2. The summed E-state index contributed by atoms with van der Waals surface area (Å²) in [6.07, 6.45) is 49.6. The summed E-state index contributed by atoms with van der Waals surface area (Å²) in [5, 5.41) is 8.89. The van der Waals surface area contributed by atoms with Crippen molar-refractivity contribution in [1.82, 2.24) is 0 Å². The van der Waals surface area contributed by atoms with Gasteiger partial charge in [-0.2, -0.15) is 0 Å². The van der Waals surface area contributed by atoms with Crippen molar-refractivity contribution in [2.24, 2.45) is 5.73 Å². The highest BCUT2D eigenvalue weighted by atomic mass is 31.2. The third-order valence-electron chi connectivity index (χ3n) is 8.72. The van der Waals surface area contributed by atoms with Gasteiger partial charge in [0, 0.05) is 13.0 Å². The summed E-state index contributed by atoms with van der Waals surface area (Å²) in [6.45, 7) is 3.63. The van der Waals surface area contributed by atoms with Crippen molar-refractivity contribution >= 4 is 19.8 Å². The van der Waals surface area contributed by atoms with Crippen LogP contribution in [0.3, 0.4) is 0 Å². The number of hydrogen-bond acceptors (Lipinski definition) is 8. The van der Waals surface area contributed by atoms with Gasteiger partial charge in [-0.1, -0.05) is 145 Å². The molecule has 11 heteroatoms. The van der Waals surface area contributed by atoms with E-state index in [2.05, 4.69) is 86.8 Å². The van der Waals surface area contributed by atoms with E-state index in [0.29, 0.717) is 13.0 Å². The SMILES string of the molecule is CC/C=C\C/C=C\C/C=C\C/C=C\C/C=C\CCCCOCC(COP(=O)(O)OCC(N)C(=O)O)OC(=O)CCCCCCC/C=C\CCCCCCCCC. The van der Waals surface area contributed by atoms with Crippen LogP contribution in [0, 0.1) is 0 Å². The van der Waals surface area contributed by atoms with Crippen LogP contribution in [-0.2, 0) is 32.7 Å². The molecular formula is C45H78NO9P. The van der Waals surface area contributed by atoms with Crippen molar-refractivity contribution in [2.75, 3.05) is 26.4 Å². The van der Waals surface area contributed by atoms with Crippen LogP contribution in [0.15, 0.2) is 72.9 Å². The molecular weight excluding hydrogens is 729 g/mol. The zero-order valence-corrected chi connectivity index (χ0v) is 35.8. The van der Waals surface area contributed by atoms with Gasteiger partial charge in [0.25, 0.3) is 0 Å². The zero-order chi connectivity index (χ0) is 41.2. The molecule has 0 aromatic heterocycles. The molecule has 3 unspecified atom stereocenters. The molecule has 0 aliphatic carbocycles. The van der Waals surface area contributed by atoms with Gasteiger partial charge < -0.3 is 25.2 Å². The van der Waals surface area contributed by atoms with E-state index in [4.69, 9.17) is 29.4 Å². The topological polar surface area (TPSA) is 155 Å². The lowest BCUT2D eigenvalue weighted by Crippen LogP contribution is -2.34. The third kappa shape index (κ3) is 39.6. The first-order chi connectivity index (χ1) is 27.2. The number of carbonyl (C=O) groups excluding carboxylic acids is 1. The van der Waals surface area contributed by atoms with E-state index in [9.17, 15) is 19.0 Å². The smallest absolute Gasteiger partial charge is 0.472 e. The predicted molar refractivity (Wildman–Crippen MR) is 230 cm³/mol. The van der Waals surface area contributed by atoms with Crippen molar-refractivity contribution in [3.8, 4) is 0 Å². The molecule has 0 fully saturated rings. The van der Waals surface area contributed by atoms with Crippen LogP contribution in [0.1, 0.15) is 162 Å². The molecule has 0 heterocycles. The highest BCUT2D eigenvalue weighted by Gasteiger charge is 2.27. The molecule has 0 aliphatic rings. The second kappa shape index (κ2) is 40.6. The quantitative estimate of drug-likeness (QED) is 0.0236. The van der Waals surface area contributed by atoms with E-state index < -0.39 is 45.1 Å². The number of carboxylic acid groups (broad SMARTS) is 1. The molecule has 4 N–H and O–H groups in total. The van der Waals surface area contributed by atoms with Crippen LogP contribution in [-0.4, -0.2) is 60.5 Å². The molecule has 0 saturated heterocycles. The monoisotopic (exact) mass is 808 g/mol. The average Bonchev–Trinajstić information content (AvgIpc) is 3.18. The summed E-state index contributed by atoms with van der Waals surface area (Å²) in [4.78, 5) is 33.5. The first-order valence-corrected chi connectivity index (χ1v) is 23.0. The molecule has 0 amide bonds. The number of carboxylic acids is 1. The molecule has 0 aromatic rings. The lowest BCUT2D eigenvalue weighted by molar-refractivity contribution is -0.154. The van der Waals surface area contributed by atoms with Crippen molar-refractivity contribution in [3.63, 3.8) is 0 Å². The molecule has 0 spiro atoms. The Morgan fingerprint density at radius 3 is 1.57 bits per heavy atom. The molecule has 56 heavy (non-hydrogen) atoms. The Balaban J connectivity index is 4.36. The maximum absolute atomic E-state index is 12.6. The van der Waals surface area contributed by atoms with Crippen LogP contribution in [0.2, 0.25) is 0 Å². The number of phosphoric ester groups is 1.